The summed E-state index contributed by atoms with van der Waals surface area (Å²) in [7, 11) is 0. The fraction of sp³-hybridized carbons (Fsp3) is 0.556. The molecule has 1 aromatic rings. The number of amides is 2. The first-order chi connectivity index (χ1) is 11.3. The third-order valence-electron chi connectivity index (χ3n) is 3.74. The highest BCUT2D eigenvalue weighted by atomic mass is 128. The molecular weight excluding hydrogens is 454 g/mol. The number of hydrogen-bond acceptors (Lipinski definition) is 4. The zero-order valence-electron chi connectivity index (χ0n) is 14.5. The molecule has 24 heavy (non-hydrogen) atoms. The lowest BCUT2D eigenvalue weighted by molar-refractivity contribution is -0.121. The number of imide groups is 1. The van der Waals surface area contributed by atoms with Gasteiger partial charge >= 0.3 is 0 Å². The molecule has 6 heteroatoms. The van der Waals surface area contributed by atoms with Gasteiger partial charge in [-0.25, -0.2) is 4.90 Å². The second-order valence-corrected chi connectivity index (χ2v) is 11.3. The van der Waals surface area contributed by atoms with E-state index in [-0.39, 0.29) is 17.1 Å². The molecule has 1 aliphatic rings. The van der Waals surface area contributed by atoms with E-state index in [4.69, 9.17) is 0 Å². The summed E-state index contributed by atoms with van der Waals surface area (Å²) in [6.07, 6.45) is 1.36. The minimum atomic E-state index is -0.249. The third kappa shape index (κ3) is 5.39. The van der Waals surface area contributed by atoms with Crippen LogP contribution < -0.4 is 4.90 Å². The van der Waals surface area contributed by atoms with Gasteiger partial charge in [-0.05, 0) is 52.5 Å². The van der Waals surface area contributed by atoms with Crippen molar-refractivity contribution in [2.45, 2.75) is 61.5 Å². The second-order valence-electron chi connectivity index (χ2n) is 6.42. The van der Waals surface area contributed by atoms with Crippen LogP contribution in [0.15, 0.2) is 24.3 Å². The summed E-state index contributed by atoms with van der Waals surface area (Å²) in [6, 6.07) is 7.55. The summed E-state index contributed by atoms with van der Waals surface area (Å²) in [5, 5.41) is 1.29. The molecule has 1 saturated heterocycles. The quantitative estimate of drug-likeness (QED) is 0.410. The Hall–Kier alpha value is -0.210. The van der Waals surface area contributed by atoms with Crippen LogP contribution in [0, 0.1) is 3.57 Å². The van der Waals surface area contributed by atoms with Gasteiger partial charge < -0.3 is 0 Å². The maximum atomic E-state index is 12.7. The lowest BCUT2D eigenvalue weighted by atomic mass is 10.3. The Kier molecular flexibility index (Phi) is 7.49. The van der Waals surface area contributed by atoms with Crippen LogP contribution >= 0.6 is 46.1 Å². The van der Waals surface area contributed by atoms with Crippen LogP contribution in [0.4, 0.5) is 5.69 Å². The largest absolute Gasteiger partial charge is 0.274 e. The average molecular weight is 478 g/mol. The van der Waals surface area contributed by atoms with E-state index >= 15 is 0 Å². The minimum absolute atomic E-state index is 0.0667. The van der Waals surface area contributed by atoms with Crippen molar-refractivity contribution in [3.63, 3.8) is 0 Å². The Labute approximate surface area is 166 Å². The van der Waals surface area contributed by atoms with E-state index in [1.807, 2.05) is 36.0 Å². The van der Waals surface area contributed by atoms with Crippen LogP contribution in [-0.2, 0) is 9.59 Å². The molecule has 3 nitrogen and oxygen atoms in total. The van der Waals surface area contributed by atoms with Crippen molar-refractivity contribution in [3.8, 4) is 0 Å². The molecule has 1 heterocycles. The first-order valence-electron chi connectivity index (χ1n) is 8.21. The Bertz CT molecular complexity index is 608. The van der Waals surface area contributed by atoms with Crippen molar-refractivity contribution in [3.05, 3.63) is 27.8 Å². The number of carbonyl (C=O) groups is 2. The summed E-state index contributed by atoms with van der Waals surface area (Å²) in [6.45, 7) is 8.81. The Morgan fingerprint density at radius 3 is 2.54 bits per heavy atom. The van der Waals surface area contributed by atoms with Crippen LogP contribution in [0.3, 0.4) is 0 Å². The summed E-state index contributed by atoms with van der Waals surface area (Å²) in [5.41, 5.74) is 0.691. The van der Waals surface area contributed by atoms with Crippen LogP contribution in [0.2, 0.25) is 0 Å². The number of rotatable bonds is 7. The van der Waals surface area contributed by atoms with Crippen LogP contribution in [-0.4, -0.2) is 32.8 Å². The van der Waals surface area contributed by atoms with Gasteiger partial charge in [-0.15, -0.1) is 11.8 Å². The van der Waals surface area contributed by atoms with Gasteiger partial charge in [0.2, 0.25) is 11.8 Å². The van der Waals surface area contributed by atoms with E-state index in [9.17, 15) is 9.59 Å². The normalized spacial score (nSPS) is 20.8. The predicted octanol–water partition coefficient (Wildman–Crippen LogP) is 4.97. The molecule has 2 amide bonds. The fourth-order valence-corrected chi connectivity index (χ4v) is 6.32. The van der Waals surface area contributed by atoms with Crippen molar-refractivity contribution >= 4 is 63.6 Å². The lowest BCUT2D eigenvalue weighted by Gasteiger charge is -2.20. The maximum Gasteiger partial charge on any atom is 0.247 e. The van der Waals surface area contributed by atoms with Crippen molar-refractivity contribution < 1.29 is 9.59 Å². The Balaban J connectivity index is 1.98. The Morgan fingerprint density at radius 1 is 1.21 bits per heavy atom. The van der Waals surface area contributed by atoms with Crippen molar-refractivity contribution in [2.75, 3.05) is 4.90 Å². The van der Waals surface area contributed by atoms with Crippen molar-refractivity contribution in [1.29, 1.82) is 0 Å². The summed E-state index contributed by atoms with van der Waals surface area (Å²) in [4.78, 5) is 26.4. The number of halogens is 1. The number of hydrogen-bond donors (Lipinski definition) is 0. The van der Waals surface area contributed by atoms with Gasteiger partial charge in [0.15, 0.2) is 0 Å². The first kappa shape index (κ1) is 20.1. The average Bonchev–Trinajstić information content (AvgIpc) is 2.72. The van der Waals surface area contributed by atoms with Crippen LogP contribution in [0.5, 0.6) is 0 Å². The highest BCUT2D eigenvalue weighted by molar-refractivity contribution is 14.1. The fourth-order valence-electron chi connectivity index (χ4n) is 2.92. The van der Waals surface area contributed by atoms with Gasteiger partial charge in [0.1, 0.15) is 0 Å². The summed E-state index contributed by atoms with van der Waals surface area (Å²) >= 11 is 5.81. The van der Waals surface area contributed by atoms with Gasteiger partial charge in [-0.1, -0.05) is 33.8 Å². The van der Waals surface area contributed by atoms with E-state index in [1.54, 1.807) is 11.8 Å². The molecule has 0 radical (unpaired) electrons. The molecule has 1 aromatic carbocycles. The van der Waals surface area contributed by atoms with Gasteiger partial charge in [0, 0.05) is 20.5 Å². The van der Waals surface area contributed by atoms with Gasteiger partial charge in [-0.2, -0.15) is 11.8 Å². The van der Waals surface area contributed by atoms with E-state index in [0.29, 0.717) is 27.9 Å². The molecule has 0 spiro atoms. The highest BCUT2D eigenvalue weighted by Gasteiger charge is 2.40. The smallest absolute Gasteiger partial charge is 0.247 e. The van der Waals surface area contributed by atoms with Crippen molar-refractivity contribution in [2.24, 2.45) is 0 Å². The van der Waals surface area contributed by atoms with Gasteiger partial charge in [0.05, 0.1) is 10.9 Å². The molecule has 3 unspecified atom stereocenters. The van der Waals surface area contributed by atoms with E-state index < -0.39 is 0 Å². The summed E-state index contributed by atoms with van der Waals surface area (Å²) < 4.78 is 1.02. The van der Waals surface area contributed by atoms with Gasteiger partial charge in [0.25, 0.3) is 0 Å². The molecule has 1 fully saturated rings. The zero-order chi connectivity index (χ0) is 17.9. The maximum absolute atomic E-state index is 12.7. The van der Waals surface area contributed by atoms with Gasteiger partial charge in [-0.3, -0.25) is 9.59 Å². The molecule has 3 atom stereocenters. The number of anilines is 1. The van der Waals surface area contributed by atoms with Crippen molar-refractivity contribution in [1.82, 2.24) is 0 Å². The number of nitrogens with zero attached hydrogens (tertiary/aromatic N) is 1. The van der Waals surface area contributed by atoms with Crippen LogP contribution in [0.25, 0.3) is 0 Å². The number of carbonyl (C=O) groups excluding carboxylic acids is 2. The molecular formula is C18H24INO2S2. The van der Waals surface area contributed by atoms with Crippen LogP contribution in [0.1, 0.15) is 40.5 Å². The first-order valence-corrected chi connectivity index (χ1v) is 11.2. The molecule has 0 aromatic heterocycles. The van der Waals surface area contributed by atoms with E-state index in [0.717, 1.165) is 9.99 Å². The zero-order valence-corrected chi connectivity index (χ0v) is 18.3. The minimum Gasteiger partial charge on any atom is -0.274 e. The molecule has 0 aliphatic carbocycles. The lowest BCUT2D eigenvalue weighted by Crippen LogP contribution is -2.31. The number of thioether (sulfide) groups is 2. The SMILES string of the molecule is CC(C)SC(C)CC(C)SC1CC(=O)N(c2cccc([128I])c2)C1=O. The molecule has 0 N–H and O–H groups in total. The Morgan fingerprint density at radius 2 is 1.92 bits per heavy atom. The topological polar surface area (TPSA) is 37.4 Å². The second kappa shape index (κ2) is 8.94. The predicted molar refractivity (Wildman–Crippen MR) is 114 cm³/mol. The standard InChI is InChI=1S/C18H24INO2S2/c1-11(2)23-12(3)8-13(4)24-16-10-17(21)20(18(16)22)15-7-5-6-14(19)9-15/h5-7,9,11-13,16H,8,10H2,1-4H3/i19+1. The molecule has 2 rings (SSSR count). The van der Waals surface area contributed by atoms with E-state index in [2.05, 4.69) is 50.3 Å². The molecule has 1 aliphatic heterocycles. The summed E-state index contributed by atoms with van der Waals surface area (Å²) in [5.74, 6) is -0.153. The third-order valence-corrected chi connectivity index (χ3v) is 6.96. The number of benzene rings is 1. The molecule has 132 valence electrons. The molecule has 0 saturated carbocycles. The molecule has 0 bridgehead atoms. The monoisotopic (exact) mass is 478 g/mol. The van der Waals surface area contributed by atoms with E-state index in [1.165, 1.54) is 4.90 Å². The highest BCUT2D eigenvalue weighted by Crippen LogP contribution is 2.34.